The van der Waals surface area contributed by atoms with Gasteiger partial charge in [-0.05, 0) is 31.9 Å². The summed E-state index contributed by atoms with van der Waals surface area (Å²) in [6.45, 7) is 2.12. The van der Waals surface area contributed by atoms with Crippen LogP contribution in [0.5, 0.6) is 0 Å². The SMILES string of the molecule is COC(=O)CCCCCCNC(=O)c1cnn(-c2ccc(C(F)(F)F)cn2)c1C. The van der Waals surface area contributed by atoms with Crippen molar-refractivity contribution < 1.29 is 27.5 Å². The molecule has 0 aromatic carbocycles. The Balaban J connectivity index is 1.85. The van der Waals surface area contributed by atoms with Crippen molar-refractivity contribution in [2.24, 2.45) is 0 Å². The zero-order valence-electron chi connectivity index (χ0n) is 16.3. The van der Waals surface area contributed by atoms with E-state index in [2.05, 4.69) is 20.1 Å². The maximum absolute atomic E-state index is 12.6. The first-order valence-corrected chi connectivity index (χ1v) is 9.17. The third kappa shape index (κ3) is 6.30. The number of hydrogen-bond acceptors (Lipinski definition) is 5. The Kier molecular flexibility index (Phi) is 7.74. The number of methoxy groups -OCH3 is 1. The molecule has 0 saturated carbocycles. The summed E-state index contributed by atoms with van der Waals surface area (Å²) in [7, 11) is 1.36. The van der Waals surface area contributed by atoms with E-state index in [0.29, 0.717) is 24.2 Å². The van der Waals surface area contributed by atoms with Gasteiger partial charge in [-0.3, -0.25) is 9.59 Å². The molecule has 0 aliphatic rings. The fraction of sp³-hybridized carbons (Fsp3) is 0.474. The van der Waals surface area contributed by atoms with Gasteiger partial charge in [0.15, 0.2) is 5.82 Å². The molecule has 10 heteroatoms. The lowest BCUT2D eigenvalue weighted by molar-refractivity contribution is -0.140. The number of alkyl halides is 3. The molecular weight excluding hydrogens is 389 g/mol. The zero-order valence-corrected chi connectivity index (χ0v) is 16.3. The van der Waals surface area contributed by atoms with Crippen molar-refractivity contribution in [3.05, 3.63) is 41.3 Å². The standard InChI is InChI=1S/C19H23F3N4O3/c1-13-15(18(28)23-10-6-4-3-5-7-17(27)29-2)12-25-26(13)16-9-8-14(11-24-16)19(20,21)22/h8-9,11-12H,3-7,10H2,1-2H3,(H,23,28). The third-order valence-corrected chi connectivity index (χ3v) is 4.37. The molecule has 0 spiro atoms. The number of nitrogens with one attached hydrogen (secondary N) is 1. The highest BCUT2D eigenvalue weighted by molar-refractivity contribution is 5.95. The Hall–Kier alpha value is -2.91. The third-order valence-electron chi connectivity index (χ3n) is 4.37. The number of halogens is 3. The maximum atomic E-state index is 12.6. The predicted octanol–water partition coefficient (Wildman–Crippen LogP) is 3.45. The number of ether oxygens (including phenoxy) is 1. The number of amides is 1. The van der Waals surface area contributed by atoms with Crippen LogP contribution in [0.3, 0.4) is 0 Å². The molecular formula is C19H23F3N4O3. The second-order valence-corrected chi connectivity index (χ2v) is 6.45. The molecule has 2 aromatic rings. The molecule has 2 rings (SSSR count). The van der Waals surface area contributed by atoms with Crippen LogP contribution in [0.2, 0.25) is 0 Å². The molecule has 0 unspecified atom stereocenters. The highest BCUT2D eigenvalue weighted by atomic mass is 19.4. The van der Waals surface area contributed by atoms with E-state index in [9.17, 15) is 22.8 Å². The van der Waals surface area contributed by atoms with Crippen LogP contribution in [0.25, 0.3) is 5.82 Å². The number of pyridine rings is 1. The Morgan fingerprint density at radius 2 is 1.86 bits per heavy atom. The molecule has 2 aromatic heterocycles. The summed E-state index contributed by atoms with van der Waals surface area (Å²) in [4.78, 5) is 27.1. The van der Waals surface area contributed by atoms with Gasteiger partial charge in [0.05, 0.1) is 30.1 Å². The first-order chi connectivity index (χ1) is 13.7. The van der Waals surface area contributed by atoms with E-state index in [4.69, 9.17) is 0 Å². The minimum Gasteiger partial charge on any atom is -0.469 e. The van der Waals surface area contributed by atoms with Crippen molar-refractivity contribution in [2.45, 2.75) is 45.2 Å². The average molecular weight is 412 g/mol. The summed E-state index contributed by atoms with van der Waals surface area (Å²) in [6, 6.07) is 2.13. The van der Waals surface area contributed by atoms with Gasteiger partial charge in [-0.1, -0.05) is 12.8 Å². The Bertz CT molecular complexity index is 832. The fourth-order valence-corrected chi connectivity index (χ4v) is 2.69. The number of carbonyl (C=O) groups is 2. The van der Waals surface area contributed by atoms with Gasteiger partial charge < -0.3 is 10.1 Å². The number of rotatable bonds is 9. The summed E-state index contributed by atoms with van der Waals surface area (Å²) in [5.41, 5.74) is -0.0409. The second kappa shape index (κ2) is 10.0. The smallest absolute Gasteiger partial charge is 0.417 e. The maximum Gasteiger partial charge on any atom is 0.417 e. The summed E-state index contributed by atoms with van der Waals surface area (Å²) in [6.07, 6.45) is 1.25. The summed E-state index contributed by atoms with van der Waals surface area (Å²) < 4.78 is 43.8. The monoisotopic (exact) mass is 412 g/mol. The molecule has 0 radical (unpaired) electrons. The summed E-state index contributed by atoms with van der Waals surface area (Å²) >= 11 is 0. The Labute approximate surface area is 166 Å². The van der Waals surface area contributed by atoms with E-state index in [1.807, 2.05) is 0 Å². The molecule has 0 saturated heterocycles. The number of carbonyl (C=O) groups excluding carboxylic acids is 2. The van der Waals surface area contributed by atoms with E-state index in [1.54, 1.807) is 6.92 Å². The molecule has 0 aliphatic carbocycles. The molecule has 7 nitrogen and oxygen atoms in total. The van der Waals surface area contributed by atoms with Gasteiger partial charge in [0.2, 0.25) is 0 Å². The summed E-state index contributed by atoms with van der Waals surface area (Å²) in [5.74, 6) is -0.344. The molecule has 1 amide bonds. The quantitative estimate of drug-likeness (QED) is 0.504. The lowest BCUT2D eigenvalue weighted by Gasteiger charge is -2.08. The van der Waals surface area contributed by atoms with Crippen LogP contribution in [-0.2, 0) is 15.7 Å². The van der Waals surface area contributed by atoms with Crippen LogP contribution in [0.15, 0.2) is 24.5 Å². The van der Waals surface area contributed by atoms with E-state index in [1.165, 1.54) is 24.1 Å². The predicted molar refractivity (Wildman–Crippen MR) is 98.5 cm³/mol. The van der Waals surface area contributed by atoms with Crippen molar-refractivity contribution in [3.8, 4) is 5.82 Å². The van der Waals surface area contributed by atoms with Crippen LogP contribution in [0.4, 0.5) is 13.2 Å². The van der Waals surface area contributed by atoms with Gasteiger partial charge in [0, 0.05) is 19.2 Å². The molecule has 29 heavy (non-hydrogen) atoms. The van der Waals surface area contributed by atoms with Crippen molar-refractivity contribution in [1.82, 2.24) is 20.1 Å². The highest BCUT2D eigenvalue weighted by Crippen LogP contribution is 2.28. The van der Waals surface area contributed by atoms with Crippen LogP contribution in [0.1, 0.15) is 53.7 Å². The normalized spacial score (nSPS) is 11.3. The van der Waals surface area contributed by atoms with Crippen molar-refractivity contribution >= 4 is 11.9 Å². The minimum absolute atomic E-state index is 0.195. The molecule has 0 atom stereocenters. The topological polar surface area (TPSA) is 86.1 Å². The van der Waals surface area contributed by atoms with Crippen molar-refractivity contribution in [2.75, 3.05) is 13.7 Å². The molecule has 0 fully saturated rings. The first-order valence-electron chi connectivity index (χ1n) is 9.17. The minimum atomic E-state index is -4.46. The first kappa shape index (κ1) is 22.4. The largest absolute Gasteiger partial charge is 0.469 e. The Morgan fingerprint density at radius 3 is 2.48 bits per heavy atom. The number of esters is 1. The van der Waals surface area contributed by atoms with Crippen molar-refractivity contribution in [1.29, 1.82) is 0 Å². The van der Waals surface area contributed by atoms with Crippen LogP contribution in [0, 0.1) is 6.92 Å². The van der Waals surface area contributed by atoms with E-state index in [0.717, 1.165) is 37.9 Å². The molecule has 0 bridgehead atoms. The van der Waals surface area contributed by atoms with E-state index >= 15 is 0 Å². The van der Waals surface area contributed by atoms with Crippen LogP contribution >= 0.6 is 0 Å². The lowest BCUT2D eigenvalue weighted by Crippen LogP contribution is -2.25. The average Bonchev–Trinajstić information content (AvgIpc) is 3.07. The molecule has 158 valence electrons. The van der Waals surface area contributed by atoms with Gasteiger partial charge in [-0.15, -0.1) is 0 Å². The van der Waals surface area contributed by atoms with Crippen molar-refractivity contribution in [3.63, 3.8) is 0 Å². The highest BCUT2D eigenvalue weighted by Gasteiger charge is 2.30. The van der Waals surface area contributed by atoms with E-state index < -0.39 is 11.7 Å². The molecule has 2 heterocycles. The number of nitrogens with zero attached hydrogens (tertiary/aromatic N) is 3. The van der Waals surface area contributed by atoms with Gasteiger partial charge in [0.25, 0.3) is 5.91 Å². The Morgan fingerprint density at radius 1 is 1.14 bits per heavy atom. The summed E-state index contributed by atoms with van der Waals surface area (Å²) in [5, 5.41) is 6.85. The number of hydrogen-bond donors (Lipinski definition) is 1. The van der Waals surface area contributed by atoms with Gasteiger partial charge in [0.1, 0.15) is 0 Å². The number of aromatic nitrogens is 3. The van der Waals surface area contributed by atoms with Gasteiger partial charge in [-0.25, -0.2) is 9.67 Å². The molecule has 1 N–H and O–H groups in total. The van der Waals surface area contributed by atoms with Gasteiger partial charge >= 0.3 is 12.1 Å². The second-order valence-electron chi connectivity index (χ2n) is 6.45. The lowest BCUT2D eigenvalue weighted by atomic mass is 10.1. The van der Waals surface area contributed by atoms with Gasteiger partial charge in [-0.2, -0.15) is 18.3 Å². The van der Waals surface area contributed by atoms with Crippen LogP contribution < -0.4 is 5.32 Å². The fourth-order valence-electron chi connectivity index (χ4n) is 2.69. The van der Waals surface area contributed by atoms with Crippen LogP contribution in [-0.4, -0.2) is 40.3 Å². The molecule has 0 aliphatic heterocycles. The number of unbranched alkanes of at least 4 members (excludes halogenated alkanes) is 3. The zero-order chi connectivity index (χ0) is 21.4. The van der Waals surface area contributed by atoms with E-state index in [-0.39, 0.29) is 17.7 Å².